The molecular formula is C19H13ClN2O2S2. The Hall–Kier alpha value is -2.41. The lowest BCUT2D eigenvalue weighted by Gasteiger charge is -2.09. The maximum Gasteiger partial charge on any atom is 0.261 e. The third-order valence-corrected chi connectivity index (χ3v) is 6.50. The summed E-state index contributed by atoms with van der Waals surface area (Å²) in [5, 5.41) is 1.33. The molecule has 0 amide bonds. The van der Waals surface area contributed by atoms with Crippen molar-refractivity contribution in [1.82, 2.24) is 4.98 Å². The molecule has 0 saturated heterocycles. The average molecular weight is 401 g/mol. The minimum absolute atomic E-state index is 0.184. The second kappa shape index (κ2) is 6.72. The van der Waals surface area contributed by atoms with Gasteiger partial charge in [0, 0.05) is 16.3 Å². The highest BCUT2D eigenvalue weighted by molar-refractivity contribution is 7.92. The molecule has 0 unspecified atom stereocenters. The summed E-state index contributed by atoms with van der Waals surface area (Å²) in [5.74, 6) is 0. The molecule has 7 heteroatoms. The van der Waals surface area contributed by atoms with Crippen molar-refractivity contribution in [2.75, 3.05) is 4.72 Å². The van der Waals surface area contributed by atoms with E-state index in [0.29, 0.717) is 10.7 Å². The van der Waals surface area contributed by atoms with E-state index in [2.05, 4.69) is 9.71 Å². The van der Waals surface area contributed by atoms with Crippen molar-refractivity contribution in [1.29, 1.82) is 0 Å². The Labute approximate surface area is 160 Å². The largest absolute Gasteiger partial charge is 0.280 e. The van der Waals surface area contributed by atoms with Gasteiger partial charge < -0.3 is 0 Å². The standard InChI is InChI=1S/C19H13ClN2O2S2/c20-14-8-10-15(11-9-14)22-26(23,24)16-5-3-4-13(12-16)19-21-17-6-1-2-7-18(17)25-19/h1-12,22H. The molecule has 0 aliphatic rings. The number of hydrogen-bond donors (Lipinski definition) is 1. The zero-order chi connectivity index (χ0) is 18.1. The van der Waals surface area contributed by atoms with Crippen LogP contribution in [-0.2, 0) is 10.0 Å². The fourth-order valence-corrected chi connectivity index (χ4v) is 4.72. The summed E-state index contributed by atoms with van der Waals surface area (Å²) < 4.78 is 29.0. The van der Waals surface area contributed by atoms with Crippen molar-refractivity contribution in [2.24, 2.45) is 0 Å². The Kier molecular flexibility index (Phi) is 4.40. The molecule has 0 aliphatic heterocycles. The summed E-state index contributed by atoms with van der Waals surface area (Å²) in [4.78, 5) is 4.77. The minimum atomic E-state index is -3.70. The van der Waals surface area contributed by atoms with E-state index in [-0.39, 0.29) is 4.90 Å². The third-order valence-electron chi connectivity index (χ3n) is 3.78. The van der Waals surface area contributed by atoms with E-state index in [1.807, 2.05) is 30.3 Å². The van der Waals surface area contributed by atoms with Gasteiger partial charge in [0.25, 0.3) is 10.0 Å². The number of thiazole rings is 1. The Bertz CT molecular complexity index is 1150. The molecule has 0 saturated carbocycles. The highest BCUT2D eigenvalue weighted by Gasteiger charge is 2.16. The number of sulfonamides is 1. The van der Waals surface area contributed by atoms with Crippen LogP contribution in [0.15, 0.2) is 77.7 Å². The van der Waals surface area contributed by atoms with Crippen LogP contribution in [0.5, 0.6) is 0 Å². The van der Waals surface area contributed by atoms with Crippen LogP contribution in [0.3, 0.4) is 0 Å². The van der Waals surface area contributed by atoms with E-state index in [1.54, 1.807) is 42.5 Å². The Balaban J connectivity index is 1.69. The molecule has 1 N–H and O–H groups in total. The van der Waals surface area contributed by atoms with Crippen LogP contribution >= 0.6 is 22.9 Å². The predicted molar refractivity (Wildman–Crippen MR) is 107 cm³/mol. The number of halogens is 1. The van der Waals surface area contributed by atoms with Crippen LogP contribution in [0, 0.1) is 0 Å². The van der Waals surface area contributed by atoms with Gasteiger partial charge in [-0.25, -0.2) is 13.4 Å². The predicted octanol–water partition coefficient (Wildman–Crippen LogP) is 5.42. The van der Waals surface area contributed by atoms with Crippen LogP contribution in [0.1, 0.15) is 0 Å². The van der Waals surface area contributed by atoms with Gasteiger partial charge in [-0.15, -0.1) is 11.3 Å². The first-order valence-electron chi connectivity index (χ1n) is 7.76. The quantitative estimate of drug-likeness (QED) is 0.497. The van der Waals surface area contributed by atoms with Crippen LogP contribution in [0.25, 0.3) is 20.8 Å². The summed E-state index contributed by atoms with van der Waals surface area (Å²) in [6, 6.07) is 21.1. The first kappa shape index (κ1) is 17.0. The summed E-state index contributed by atoms with van der Waals surface area (Å²) in [7, 11) is -3.70. The van der Waals surface area contributed by atoms with Gasteiger partial charge in [-0.3, -0.25) is 4.72 Å². The fraction of sp³-hybridized carbons (Fsp3) is 0. The van der Waals surface area contributed by atoms with E-state index in [4.69, 9.17) is 11.6 Å². The number of rotatable bonds is 4. The van der Waals surface area contributed by atoms with Crippen molar-refractivity contribution in [2.45, 2.75) is 4.90 Å². The van der Waals surface area contributed by atoms with E-state index in [1.165, 1.54) is 11.3 Å². The number of anilines is 1. The lowest BCUT2D eigenvalue weighted by Crippen LogP contribution is -2.12. The third kappa shape index (κ3) is 3.44. The van der Waals surface area contributed by atoms with Crippen molar-refractivity contribution in [3.63, 3.8) is 0 Å². The number of hydrogen-bond acceptors (Lipinski definition) is 4. The fourth-order valence-electron chi connectivity index (χ4n) is 2.52. The summed E-state index contributed by atoms with van der Waals surface area (Å²) in [6.07, 6.45) is 0. The smallest absolute Gasteiger partial charge is 0.261 e. The molecule has 1 heterocycles. The summed E-state index contributed by atoms with van der Waals surface area (Å²) >= 11 is 7.37. The monoisotopic (exact) mass is 400 g/mol. The van der Waals surface area contributed by atoms with Crippen molar-refractivity contribution >= 4 is 48.9 Å². The van der Waals surface area contributed by atoms with Crippen LogP contribution in [0.2, 0.25) is 5.02 Å². The lowest BCUT2D eigenvalue weighted by molar-refractivity contribution is 0.601. The maximum absolute atomic E-state index is 12.7. The molecule has 4 rings (SSSR count). The molecule has 0 fully saturated rings. The van der Waals surface area contributed by atoms with Crippen LogP contribution in [0.4, 0.5) is 5.69 Å². The van der Waals surface area contributed by atoms with Gasteiger partial charge in [-0.2, -0.15) is 0 Å². The normalized spacial score (nSPS) is 11.6. The van der Waals surface area contributed by atoms with Crippen LogP contribution in [-0.4, -0.2) is 13.4 Å². The molecule has 0 bridgehead atoms. The molecule has 4 aromatic rings. The lowest BCUT2D eigenvalue weighted by atomic mass is 10.2. The second-order valence-electron chi connectivity index (χ2n) is 5.63. The van der Waals surface area contributed by atoms with Gasteiger partial charge in [0.1, 0.15) is 5.01 Å². The zero-order valence-electron chi connectivity index (χ0n) is 13.4. The second-order valence-corrected chi connectivity index (χ2v) is 8.78. The SMILES string of the molecule is O=S(=O)(Nc1ccc(Cl)cc1)c1cccc(-c2nc3ccccc3s2)c1. The van der Waals surface area contributed by atoms with E-state index >= 15 is 0 Å². The number of benzene rings is 3. The first-order chi connectivity index (χ1) is 12.5. The van der Waals surface area contributed by atoms with Gasteiger partial charge >= 0.3 is 0 Å². The first-order valence-corrected chi connectivity index (χ1v) is 10.4. The molecule has 130 valence electrons. The van der Waals surface area contributed by atoms with E-state index in [0.717, 1.165) is 20.8 Å². The molecule has 0 radical (unpaired) electrons. The van der Waals surface area contributed by atoms with Gasteiger partial charge in [0.15, 0.2) is 0 Å². The number of nitrogens with one attached hydrogen (secondary N) is 1. The molecular weight excluding hydrogens is 388 g/mol. The number of para-hydroxylation sites is 1. The topological polar surface area (TPSA) is 59.1 Å². The molecule has 0 aliphatic carbocycles. The molecule has 0 spiro atoms. The van der Waals surface area contributed by atoms with Crippen molar-refractivity contribution in [3.05, 3.63) is 77.8 Å². The Morgan fingerprint density at radius 3 is 2.46 bits per heavy atom. The number of fused-ring (bicyclic) bond motifs is 1. The van der Waals surface area contributed by atoms with Crippen molar-refractivity contribution in [3.8, 4) is 10.6 Å². The Morgan fingerprint density at radius 1 is 0.923 bits per heavy atom. The summed E-state index contributed by atoms with van der Waals surface area (Å²) in [6.45, 7) is 0. The van der Waals surface area contributed by atoms with Gasteiger partial charge in [-0.1, -0.05) is 35.9 Å². The van der Waals surface area contributed by atoms with E-state index < -0.39 is 10.0 Å². The van der Waals surface area contributed by atoms with Gasteiger partial charge in [0.05, 0.1) is 15.1 Å². The molecule has 0 atom stereocenters. The summed E-state index contributed by atoms with van der Waals surface area (Å²) in [5.41, 5.74) is 2.13. The molecule has 1 aromatic heterocycles. The average Bonchev–Trinajstić information content (AvgIpc) is 3.08. The Morgan fingerprint density at radius 2 is 1.69 bits per heavy atom. The van der Waals surface area contributed by atoms with Crippen LogP contribution < -0.4 is 4.72 Å². The molecule has 3 aromatic carbocycles. The maximum atomic E-state index is 12.7. The van der Waals surface area contributed by atoms with E-state index in [9.17, 15) is 8.42 Å². The number of aromatic nitrogens is 1. The van der Waals surface area contributed by atoms with Gasteiger partial charge in [0.2, 0.25) is 0 Å². The highest BCUT2D eigenvalue weighted by Crippen LogP contribution is 2.31. The van der Waals surface area contributed by atoms with Gasteiger partial charge in [-0.05, 0) is 48.5 Å². The minimum Gasteiger partial charge on any atom is -0.280 e. The zero-order valence-corrected chi connectivity index (χ0v) is 15.8. The van der Waals surface area contributed by atoms with Crippen molar-refractivity contribution < 1.29 is 8.42 Å². The highest BCUT2D eigenvalue weighted by atomic mass is 35.5. The molecule has 26 heavy (non-hydrogen) atoms. The number of nitrogens with zero attached hydrogens (tertiary/aromatic N) is 1. The molecule has 4 nitrogen and oxygen atoms in total.